The predicted molar refractivity (Wildman–Crippen MR) is 78.5 cm³/mol. The van der Waals surface area contributed by atoms with E-state index in [0.717, 1.165) is 11.6 Å². The van der Waals surface area contributed by atoms with Gasteiger partial charge in [-0.25, -0.2) is 17.5 Å². The van der Waals surface area contributed by atoms with E-state index in [9.17, 15) is 12.8 Å². The molecule has 21 heavy (non-hydrogen) atoms. The highest BCUT2D eigenvalue weighted by Crippen LogP contribution is 2.22. The molecule has 0 saturated carbocycles. The normalized spacial score (nSPS) is 13.1. The molecule has 3 N–H and O–H groups in total. The first-order valence-electron chi connectivity index (χ1n) is 6.29. The molecular weight excluding hydrogens is 293 g/mol. The van der Waals surface area contributed by atoms with Gasteiger partial charge in [-0.2, -0.15) is 0 Å². The second-order valence-electron chi connectivity index (χ2n) is 4.74. The van der Waals surface area contributed by atoms with E-state index in [0.29, 0.717) is 0 Å². The van der Waals surface area contributed by atoms with Crippen molar-refractivity contribution in [2.45, 2.75) is 24.8 Å². The van der Waals surface area contributed by atoms with Gasteiger partial charge in [0, 0.05) is 29.7 Å². The molecule has 0 spiro atoms. The van der Waals surface area contributed by atoms with Gasteiger partial charge in [-0.05, 0) is 43.7 Å². The lowest BCUT2D eigenvalue weighted by Crippen LogP contribution is -2.27. The number of hydrogen-bond donors (Lipinski definition) is 2. The fourth-order valence-electron chi connectivity index (χ4n) is 1.85. The second-order valence-corrected chi connectivity index (χ2v) is 6.46. The highest BCUT2D eigenvalue weighted by atomic mass is 32.2. The topological polar surface area (TPSA) is 85.1 Å². The first-order chi connectivity index (χ1) is 9.81. The lowest BCUT2D eigenvalue weighted by atomic mass is 10.1. The van der Waals surface area contributed by atoms with Crippen molar-refractivity contribution in [3.05, 3.63) is 53.6 Å². The SMILES string of the molecule is Cc1c(N)cc(S(=O)(=O)NC(C)c2ccncc2)cc1F. The van der Waals surface area contributed by atoms with Crippen molar-refractivity contribution in [1.29, 1.82) is 0 Å². The van der Waals surface area contributed by atoms with Crippen LogP contribution in [0.1, 0.15) is 24.1 Å². The molecule has 1 heterocycles. The number of nitrogens with zero attached hydrogens (tertiary/aromatic N) is 1. The Hall–Kier alpha value is -1.99. The molecule has 0 saturated heterocycles. The zero-order valence-corrected chi connectivity index (χ0v) is 12.5. The Morgan fingerprint density at radius 1 is 1.29 bits per heavy atom. The van der Waals surface area contributed by atoms with E-state index in [1.807, 2.05) is 0 Å². The van der Waals surface area contributed by atoms with Gasteiger partial charge in [0.1, 0.15) is 5.82 Å². The van der Waals surface area contributed by atoms with Gasteiger partial charge in [0.05, 0.1) is 4.90 Å². The molecule has 0 aliphatic carbocycles. The summed E-state index contributed by atoms with van der Waals surface area (Å²) in [6.07, 6.45) is 3.15. The Morgan fingerprint density at radius 3 is 2.48 bits per heavy atom. The Labute approximate surface area is 123 Å². The van der Waals surface area contributed by atoms with Gasteiger partial charge < -0.3 is 5.73 Å². The molecule has 1 aromatic heterocycles. The van der Waals surface area contributed by atoms with Crippen molar-refractivity contribution < 1.29 is 12.8 Å². The molecule has 0 fully saturated rings. The summed E-state index contributed by atoms with van der Waals surface area (Å²) in [4.78, 5) is 3.68. The molecule has 0 bridgehead atoms. The molecule has 7 heteroatoms. The van der Waals surface area contributed by atoms with E-state index in [1.165, 1.54) is 13.0 Å². The van der Waals surface area contributed by atoms with Crippen LogP contribution in [0.2, 0.25) is 0 Å². The third kappa shape index (κ3) is 3.37. The number of pyridine rings is 1. The summed E-state index contributed by atoms with van der Waals surface area (Å²) in [6, 6.07) is 5.16. The highest BCUT2D eigenvalue weighted by molar-refractivity contribution is 7.89. The molecule has 0 amide bonds. The van der Waals surface area contributed by atoms with E-state index >= 15 is 0 Å². The van der Waals surface area contributed by atoms with Gasteiger partial charge in [-0.1, -0.05) is 0 Å². The van der Waals surface area contributed by atoms with Crippen molar-refractivity contribution in [2.75, 3.05) is 5.73 Å². The molecule has 112 valence electrons. The summed E-state index contributed by atoms with van der Waals surface area (Å²) in [5, 5.41) is 0. The number of rotatable bonds is 4. The molecule has 1 aromatic carbocycles. The Morgan fingerprint density at radius 2 is 1.90 bits per heavy atom. The molecule has 2 rings (SSSR count). The van der Waals surface area contributed by atoms with Crippen LogP contribution in [0.3, 0.4) is 0 Å². The molecule has 5 nitrogen and oxygen atoms in total. The summed E-state index contributed by atoms with van der Waals surface area (Å²) < 4.78 is 40.7. The molecule has 0 radical (unpaired) electrons. The monoisotopic (exact) mass is 309 g/mol. The smallest absolute Gasteiger partial charge is 0.241 e. The number of hydrogen-bond acceptors (Lipinski definition) is 4. The maximum Gasteiger partial charge on any atom is 0.241 e. The van der Waals surface area contributed by atoms with E-state index in [1.54, 1.807) is 31.5 Å². The van der Waals surface area contributed by atoms with Crippen LogP contribution < -0.4 is 10.5 Å². The highest BCUT2D eigenvalue weighted by Gasteiger charge is 2.20. The summed E-state index contributed by atoms with van der Waals surface area (Å²) in [6.45, 7) is 3.19. The van der Waals surface area contributed by atoms with Crippen molar-refractivity contribution in [3.63, 3.8) is 0 Å². The van der Waals surface area contributed by atoms with Crippen LogP contribution in [0, 0.1) is 12.7 Å². The third-order valence-electron chi connectivity index (χ3n) is 3.21. The zero-order valence-electron chi connectivity index (χ0n) is 11.7. The van der Waals surface area contributed by atoms with E-state index in [-0.39, 0.29) is 16.1 Å². The Bertz CT molecular complexity index is 725. The number of halogens is 1. The maximum absolute atomic E-state index is 13.7. The number of nitrogens with two attached hydrogens (primary N) is 1. The Balaban J connectivity index is 2.31. The van der Waals surface area contributed by atoms with Gasteiger partial charge in [-0.3, -0.25) is 4.98 Å². The van der Waals surface area contributed by atoms with Crippen LogP contribution in [-0.4, -0.2) is 13.4 Å². The number of anilines is 1. The summed E-state index contributed by atoms with van der Waals surface area (Å²) in [5.41, 5.74) is 6.71. The van der Waals surface area contributed by atoms with Gasteiger partial charge >= 0.3 is 0 Å². The lowest BCUT2D eigenvalue weighted by molar-refractivity contribution is 0.563. The van der Waals surface area contributed by atoms with E-state index in [4.69, 9.17) is 5.73 Å². The van der Waals surface area contributed by atoms with Crippen molar-refractivity contribution in [3.8, 4) is 0 Å². The minimum Gasteiger partial charge on any atom is -0.398 e. The minimum atomic E-state index is -3.86. The molecule has 1 atom stereocenters. The largest absolute Gasteiger partial charge is 0.398 e. The minimum absolute atomic E-state index is 0.104. The quantitative estimate of drug-likeness (QED) is 0.847. The van der Waals surface area contributed by atoms with Crippen LogP contribution >= 0.6 is 0 Å². The molecule has 0 aliphatic heterocycles. The fraction of sp³-hybridized carbons (Fsp3) is 0.214. The van der Waals surface area contributed by atoms with E-state index in [2.05, 4.69) is 9.71 Å². The number of nitrogens with one attached hydrogen (secondary N) is 1. The van der Waals surface area contributed by atoms with Gasteiger partial charge in [0.25, 0.3) is 0 Å². The standard InChI is InChI=1S/C14H16FN3O2S/c1-9-13(15)7-12(8-14(9)16)21(19,20)18-10(2)11-3-5-17-6-4-11/h3-8,10,18H,16H2,1-2H3. The molecule has 2 aromatic rings. The van der Waals surface area contributed by atoms with Gasteiger partial charge in [-0.15, -0.1) is 0 Å². The fourth-order valence-corrected chi connectivity index (χ4v) is 3.13. The molecule has 0 aliphatic rings. The average Bonchev–Trinajstić information content (AvgIpc) is 2.44. The van der Waals surface area contributed by atoms with Gasteiger partial charge in [0.2, 0.25) is 10.0 Å². The van der Waals surface area contributed by atoms with Crippen LogP contribution in [0.15, 0.2) is 41.6 Å². The predicted octanol–water partition coefficient (Wildman–Crippen LogP) is 2.15. The van der Waals surface area contributed by atoms with Crippen LogP contribution in [-0.2, 0) is 10.0 Å². The second kappa shape index (κ2) is 5.79. The van der Waals surface area contributed by atoms with E-state index < -0.39 is 21.9 Å². The zero-order chi connectivity index (χ0) is 15.6. The van der Waals surface area contributed by atoms with Crippen molar-refractivity contribution >= 4 is 15.7 Å². The summed E-state index contributed by atoms with van der Waals surface area (Å²) in [7, 11) is -3.86. The van der Waals surface area contributed by atoms with Crippen molar-refractivity contribution in [1.82, 2.24) is 9.71 Å². The lowest BCUT2D eigenvalue weighted by Gasteiger charge is -2.15. The number of aromatic nitrogens is 1. The number of nitrogen functional groups attached to an aromatic ring is 1. The molecular formula is C14H16FN3O2S. The van der Waals surface area contributed by atoms with Crippen LogP contribution in [0.5, 0.6) is 0 Å². The molecule has 1 unspecified atom stereocenters. The van der Waals surface area contributed by atoms with Gasteiger partial charge in [0.15, 0.2) is 0 Å². The number of benzene rings is 1. The Kier molecular flexibility index (Phi) is 4.24. The number of sulfonamides is 1. The maximum atomic E-state index is 13.7. The van der Waals surface area contributed by atoms with Crippen LogP contribution in [0.25, 0.3) is 0 Å². The first-order valence-corrected chi connectivity index (χ1v) is 7.77. The van der Waals surface area contributed by atoms with Crippen molar-refractivity contribution in [2.24, 2.45) is 0 Å². The first kappa shape index (κ1) is 15.4. The third-order valence-corrected chi connectivity index (χ3v) is 4.73. The summed E-state index contributed by atoms with van der Waals surface area (Å²) in [5.74, 6) is -0.646. The average molecular weight is 309 g/mol. The summed E-state index contributed by atoms with van der Waals surface area (Å²) >= 11 is 0. The van der Waals surface area contributed by atoms with Crippen LogP contribution in [0.4, 0.5) is 10.1 Å².